The minimum atomic E-state index is -4.90. The van der Waals surface area contributed by atoms with Crippen molar-refractivity contribution in [1.29, 1.82) is 0 Å². The van der Waals surface area contributed by atoms with Crippen LogP contribution >= 0.6 is 11.3 Å². The molecule has 1 aromatic rings. The van der Waals surface area contributed by atoms with Gasteiger partial charge in [-0.15, -0.1) is 11.3 Å². The van der Waals surface area contributed by atoms with Gasteiger partial charge in [0.05, 0.1) is 4.90 Å². The quantitative estimate of drug-likeness (QED) is 0.843. The average Bonchev–Trinajstić information content (AvgIpc) is 2.77. The molecular formula is C9H9F2NO5S2. The molecule has 0 bridgehead atoms. The average molecular weight is 313 g/mol. The van der Waals surface area contributed by atoms with Crippen LogP contribution in [-0.4, -0.2) is 37.2 Å². The number of nitrogens with one attached hydrogen (secondary N) is 1. The first-order valence-corrected chi connectivity index (χ1v) is 7.23. The summed E-state index contributed by atoms with van der Waals surface area (Å²) in [6, 6.07) is -0.385. The zero-order valence-electron chi connectivity index (χ0n) is 9.46. The third-order valence-electron chi connectivity index (χ3n) is 2.09. The van der Waals surface area contributed by atoms with Gasteiger partial charge in [-0.25, -0.2) is 8.42 Å². The summed E-state index contributed by atoms with van der Waals surface area (Å²) in [5, 5.41) is 11.8. The molecule has 0 aromatic carbocycles. The number of hydrogen-bond donors (Lipinski definition) is 2. The van der Waals surface area contributed by atoms with Gasteiger partial charge in [0.15, 0.2) is 0 Å². The van der Waals surface area contributed by atoms with Gasteiger partial charge in [0, 0.05) is 0 Å². The molecule has 1 rings (SSSR count). The normalized spacial score (nSPS) is 13.3. The molecule has 0 aliphatic rings. The van der Waals surface area contributed by atoms with Gasteiger partial charge in [-0.05, 0) is 18.4 Å². The highest BCUT2D eigenvalue weighted by Crippen LogP contribution is 2.26. The summed E-state index contributed by atoms with van der Waals surface area (Å²) < 4.78 is 47.4. The smallest absolute Gasteiger partial charge is 0.341 e. The van der Waals surface area contributed by atoms with Gasteiger partial charge in [0.25, 0.3) is 5.91 Å². The van der Waals surface area contributed by atoms with E-state index in [1.807, 2.05) is 5.32 Å². The van der Waals surface area contributed by atoms with Crippen molar-refractivity contribution in [2.45, 2.75) is 23.6 Å². The number of halogens is 2. The Morgan fingerprint density at radius 3 is 2.47 bits per heavy atom. The van der Waals surface area contributed by atoms with Crippen molar-refractivity contribution in [1.82, 2.24) is 5.32 Å². The Morgan fingerprint density at radius 2 is 2.00 bits per heavy atom. The summed E-state index contributed by atoms with van der Waals surface area (Å²) in [4.78, 5) is 20.9. The molecule has 19 heavy (non-hydrogen) atoms. The molecule has 0 aliphatic heterocycles. The molecule has 0 fully saturated rings. The van der Waals surface area contributed by atoms with Crippen molar-refractivity contribution in [3.8, 4) is 0 Å². The maximum atomic E-state index is 12.4. The Morgan fingerprint density at radius 1 is 1.42 bits per heavy atom. The van der Waals surface area contributed by atoms with E-state index in [2.05, 4.69) is 0 Å². The summed E-state index contributed by atoms with van der Waals surface area (Å²) in [5.41, 5.74) is 0. The van der Waals surface area contributed by atoms with Crippen LogP contribution in [0.4, 0.5) is 8.78 Å². The number of sulfone groups is 1. The van der Waals surface area contributed by atoms with E-state index in [1.54, 1.807) is 0 Å². The van der Waals surface area contributed by atoms with Crippen LogP contribution in [0.5, 0.6) is 0 Å². The van der Waals surface area contributed by atoms with E-state index >= 15 is 0 Å². The molecule has 1 atom stereocenters. The molecule has 0 unspecified atom stereocenters. The monoisotopic (exact) mass is 313 g/mol. The first kappa shape index (κ1) is 15.5. The fourth-order valence-corrected chi connectivity index (χ4v) is 3.18. The van der Waals surface area contributed by atoms with Crippen molar-refractivity contribution < 1.29 is 31.9 Å². The van der Waals surface area contributed by atoms with Crippen LogP contribution in [0.2, 0.25) is 0 Å². The fraction of sp³-hybridized carbons (Fsp3) is 0.333. The van der Waals surface area contributed by atoms with Crippen molar-refractivity contribution >= 4 is 33.1 Å². The molecule has 0 aliphatic carbocycles. The van der Waals surface area contributed by atoms with E-state index in [-0.39, 0.29) is 0 Å². The third kappa shape index (κ3) is 3.26. The lowest BCUT2D eigenvalue weighted by Gasteiger charge is -2.09. The number of carboxylic acid groups (broad SMARTS) is 1. The number of rotatable bonds is 5. The SMILES string of the molecule is C[C@H](NC(=O)c1sccc1S(=O)(=O)C(F)F)C(=O)O. The lowest BCUT2D eigenvalue weighted by atomic mass is 10.3. The van der Waals surface area contributed by atoms with Crippen LogP contribution in [0.25, 0.3) is 0 Å². The molecule has 0 saturated heterocycles. The van der Waals surface area contributed by atoms with Crippen molar-refractivity contribution in [3.05, 3.63) is 16.3 Å². The lowest BCUT2D eigenvalue weighted by molar-refractivity contribution is -0.138. The van der Waals surface area contributed by atoms with Crippen molar-refractivity contribution in [2.24, 2.45) is 0 Å². The number of alkyl halides is 2. The predicted octanol–water partition coefficient (Wildman–Crippen LogP) is 0.947. The van der Waals surface area contributed by atoms with E-state index in [9.17, 15) is 26.8 Å². The molecule has 6 nitrogen and oxygen atoms in total. The standard InChI is InChI=1S/C9H9F2NO5S2/c1-4(8(14)15)12-7(13)6-5(2-3-18-6)19(16,17)9(10)11/h2-4,9H,1H3,(H,12,13)(H,14,15)/t4-/m0/s1. The second-order valence-corrected chi connectivity index (χ2v) is 6.26. The van der Waals surface area contributed by atoms with Gasteiger partial charge in [-0.1, -0.05) is 0 Å². The molecule has 106 valence electrons. The van der Waals surface area contributed by atoms with Crippen LogP contribution in [0.15, 0.2) is 16.3 Å². The Labute approximate surface area is 111 Å². The number of carboxylic acids is 1. The van der Waals surface area contributed by atoms with Crippen molar-refractivity contribution in [2.75, 3.05) is 0 Å². The Kier molecular flexibility index (Phi) is 4.58. The van der Waals surface area contributed by atoms with Crippen LogP contribution in [0.1, 0.15) is 16.6 Å². The second kappa shape index (κ2) is 5.61. The third-order valence-corrected chi connectivity index (χ3v) is 4.56. The Hall–Kier alpha value is -1.55. The molecule has 0 saturated carbocycles. The van der Waals surface area contributed by atoms with Gasteiger partial charge in [0.1, 0.15) is 10.9 Å². The summed E-state index contributed by atoms with van der Waals surface area (Å²) in [6.07, 6.45) is 0. The Balaban J connectivity index is 3.08. The molecule has 2 N–H and O–H groups in total. The van der Waals surface area contributed by atoms with Gasteiger partial charge in [-0.2, -0.15) is 8.78 Å². The second-order valence-electron chi connectivity index (χ2n) is 3.45. The highest BCUT2D eigenvalue weighted by molar-refractivity contribution is 7.92. The lowest BCUT2D eigenvalue weighted by Crippen LogP contribution is -2.38. The van der Waals surface area contributed by atoms with Crippen molar-refractivity contribution in [3.63, 3.8) is 0 Å². The summed E-state index contributed by atoms with van der Waals surface area (Å²) in [7, 11) is -4.90. The zero-order chi connectivity index (χ0) is 14.8. The largest absolute Gasteiger partial charge is 0.480 e. The number of carbonyl (C=O) groups is 2. The molecule has 1 amide bonds. The molecule has 10 heteroatoms. The molecule has 1 heterocycles. The Bertz CT molecular complexity index is 596. The number of hydrogen-bond acceptors (Lipinski definition) is 5. The summed E-state index contributed by atoms with van der Waals surface area (Å²) in [6.45, 7) is 1.16. The number of amides is 1. The van der Waals surface area contributed by atoms with Crippen LogP contribution < -0.4 is 5.32 Å². The predicted molar refractivity (Wildman–Crippen MR) is 62.1 cm³/mol. The van der Waals surface area contributed by atoms with E-state index in [1.165, 1.54) is 0 Å². The number of aliphatic carboxylic acids is 1. The fourth-order valence-electron chi connectivity index (χ4n) is 1.11. The first-order valence-electron chi connectivity index (χ1n) is 4.81. The van der Waals surface area contributed by atoms with Crippen LogP contribution in [-0.2, 0) is 14.6 Å². The number of thiophene rings is 1. The maximum Gasteiger partial charge on any atom is 0.341 e. The minimum Gasteiger partial charge on any atom is -0.480 e. The maximum absolute atomic E-state index is 12.4. The highest BCUT2D eigenvalue weighted by Gasteiger charge is 2.32. The first-order chi connectivity index (χ1) is 8.67. The van der Waals surface area contributed by atoms with E-state index in [0.29, 0.717) is 11.3 Å². The number of carbonyl (C=O) groups excluding carboxylic acids is 1. The summed E-state index contributed by atoms with van der Waals surface area (Å²) >= 11 is 0.638. The van der Waals surface area contributed by atoms with E-state index in [4.69, 9.17) is 5.11 Å². The van der Waals surface area contributed by atoms with Gasteiger partial charge in [0.2, 0.25) is 9.84 Å². The van der Waals surface area contributed by atoms with E-state index < -0.39 is 43.3 Å². The van der Waals surface area contributed by atoms with Gasteiger partial charge in [-0.3, -0.25) is 9.59 Å². The van der Waals surface area contributed by atoms with Gasteiger partial charge < -0.3 is 10.4 Å². The van der Waals surface area contributed by atoms with Gasteiger partial charge >= 0.3 is 11.7 Å². The minimum absolute atomic E-state index is 0.464. The topological polar surface area (TPSA) is 101 Å². The zero-order valence-corrected chi connectivity index (χ0v) is 11.1. The molecular weight excluding hydrogens is 304 g/mol. The van der Waals surface area contributed by atoms with Crippen LogP contribution in [0.3, 0.4) is 0 Å². The molecule has 0 radical (unpaired) electrons. The molecule has 0 spiro atoms. The summed E-state index contributed by atoms with van der Waals surface area (Å²) in [5.74, 6) is -6.00. The van der Waals surface area contributed by atoms with Crippen LogP contribution in [0, 0.1) is 0 Å². The highest BCUT2D eigenvalue weighted by atomic mass is 32.2. The van der Waals surface area contributed by atoms with E-state index in [0.717, 1.165) is 18.4 Å². The molecule has 1 aromatic heterocycles.